The zero-order valence-electron chi connectivity index (χ0n) is 18.0. The molecule has 0 radical (unpaired) electrons. The predicted molar refractivity (Wildman–Crippen MR) is 126 cm³/mol. The van der Waals surface area contributed by atoms with E-state index in [9.17, 15) is 9.36 Å². The number of ether oxygens (including phenoxy) is 1. The van der Waals surface area contributed by atoms with Crippen LogP contribution in [0.1, 0.15) is 35.5 Å². The number of benzene rings is 2. The molecule has 1 amide bonds. The lowest BCUT2D eigenvalue weighted by atomic mass is 10.1. The molecular formula is C23H25N2O5PS. The molecule has 9 heteroatoms. The Balaban J connectivity index is 1.33. The van der Waals surface area contributed by atoms with Gasteiger partial charge in [-0.3, -0.25) is 14.7 Å². The number of carbonyl (C=O) groups is 1. The highest BCUT2D eigenvalue weighted by Crippen LogP contribution is 2.47. The maximum atomic E-state index is 12.6. The molecule has 2 aromatic carbocycles. The molecule has 3 aromatic rings. The molecule has 0 saturated heterocycles. The van der Waals surface area contributed by atoms with E-state index in [-0.39, 0.29) is 18.7 Å². The molecule has 0 saturated carbocycles. The molecule has 1 N–H and O–H groups in total. The molecule has 0 fully saturated rings. The average molecular weight is 473 g/mol. The van der Waals surface area contributed by atoms with Gasteiger partial charge in [-0.2, -0.15) is 0 Å². The fraction of sp³-hybridized carbons (Fsp3) is 0.304. The van der Waals surface area contributed by atoms with E-state index in [2.05, 4.69) is 22.4 Å². The molecule has 1 heterocycles. The summed E-state index contributed by atoms with van der Waals surface area (Å²) in [6.45, 7) is 4.36. The summed E-state index contributed by atoms with van der Waals surface area (Å²) in [5.41, 5.74) is 3.97. The van der Waals surface area contributed by atoms with Crippen molar-refractivity contribution in [1.29, 1.82) is 0 Å². The van der Waals surface area contributed by atoms with E-state index < -0.39 is 7.60 Å². The van der Waals surface area contributed by atoms with Crippen molar-refractivity contribution >= 4 is 30.0 Å². The van der Waals surface area contributed by atoms with Crippen LogP contribution in [-0.2, 0) is 20.0 Å². The fourth-order valence-electron chi connectivity index (χ4n) is 3.52. The van der Waals surface area contributed by atoms with Crippen LogP contribution in [0, 0.1) is 0 Å². The third-order valence-corrected chi connectivity index (χ3v) is 8.02. The molecule has 0 aliphatic heterocycles. The van der Waals surface area contributed by atoms with Gasteiger partial charge in [-0.05, 0) is 49.2 Å². The smallest absolute Gasteiger partial charge is 0.334 e. The van der Waals surface area contributed by atoms with E-state index in [1.54, 1.807) is 38.1 Å². The predicted octanol–water partition coefficient (Wildman–Crippen LogP) is 5.61. The van der Waals surface area contributed by atoms with Crippen LogP contribution in [0.5, 0.6) is 5.75 Å². The Labute approximate surface area is 191 Å². The average Bonchev–Trinajstić information content (AvgIpc) is 3.31. The fourth-order valence-corrected chi connectivity index (χ4v) is 5.99. The molecule has 0 spiro atoms. The van der Waals surface area contributed by atoms with Crippen molar-refractivity contribution < 1.29 is 23.1 Å². The molecule has 0 atom stereocenters. The quantitative estimate of drug-likeness (QED) is 0.302. The van der Waals surface area contributed by atoms with Crippen molar-refractivity contribution in [1.82, 2.24) is 4.98 Å². The summed E-state index contributed by atoms with van der Waals surface area (Å²) in [6, 6.07) is 15.0. The van der Waals surface area contributed by atoms with Gasteiger partial charge in [-0.15, -0.1) is 0 Å². The molecule has 32 heavy (non-hydrogen) atoms. The number of carbonyl (C=O) groups excluding carboxylic acids is 1. The van der Waals surface area contributed by atoms with Crippen LogP contribution in [0.3, 0.4) is 0 Å². The number of amides is 1. The van der Waals surface area contributed by atoms with Crippen LogP contribution in [0.25, 0.3) is 10.4 Å². The molecule has 7 nitrogen and oxygen atoms in total. The molecular weight excluding hydrogens is 447 g/mol. The number of anilines is 1. The number of nitrogens with zero attached hydrogens (tertiary/aromatic N) is 1. The largest absolute Gasteiger partial charge is 0.493 e. The molecule has 1 aromatic heterocycles. The summed E-state index contributed by atoms with van der Waals surface area (Å²) in [5.74, 6) is 0.348. The summed E-state index contributed by atoms with van der Waals surface area (Å²) in [4.78, 5) is 18.3. The van der Waals surface area contributed by atoms with Gasteiger partial charge in [-0.1, -0.05) is 35.6 Å². The Bertz CT molecular complexity index is 1140. The summed E-state index contributed by atoms with van der Waals surface area (Å²) in [6.07, 6.45) is 0.957. The highest BCUT2D eigenvalue weighted by atomic mass is 32.1. The van der Waals surface area contributed by atoms with Crippen LogP contribution in [0.4, 0.5) is 5.13 Å². The van der Waals surface area contributed by atoms with Crippen LogP contribution < -0.4 is 10.1 Å². The van der Waals surface area contributed by atoms with Gasteiger partial charge in [0.05, 0.1) is 36.6 Å². The van der Waals surface area contributed by atoms with Crippen molar-refractivity contribution in [2.75, 3.05) is 31.3 Å². The lowest BCUT2D eigenvalue weighted by molar-refractivity contribution is 0.102. The Morgan fingerprint density at radius 1 is 1.09 bits per heavy atom. The number of aromatic nitrogens is 1. The molecule has 0 bridgehead atoms. The highest BCUT2D eigenvalue weighted by Gasteiger charge is 2.24. The lowest BCUT2D eigenvalue weighted by Gasteiger charge is -2.17. The molecule has 4 rings (SSSR count). The number of hydrogen-bond acceptors (Lipinski definition) is 7. The monoisotopic (exact) mass is 472 g/mol. The Morgan fingerprint density at radius 3 is 2.53 bits per heavy atom. The van der Waals surface area contributed by atoms with Crippen molar-refractivity contribution in [3.8, 4) is 16.2 Å². The van der Waals surface area contributed by atoms with Crippen molar-refractivity contribution in [2.24, 2.45) is 0 Å². The van der Waals surface area contributed by atoms with Crippen LogP contribution in [-0.4, -0.2) is 36.9 Å². The Morgan fingerprint density at radius 2 is 1.81 bits per heavy atom. The SMILES string of the molecule is CCOP(=O)(CCOc1ccc(C(=O)Nc2nc3c(s2)-c2ccccc2C3)cc1)OCC. The van der Waals surface area contributed by atoms with E-state index in [0.717, 1.165) is 17.0 Å². The van der Waals surface area contributed by atoms with E-state index in [0.29, 0.717) is 29.7 Å². The van der Waals surface area contributed by atoms with Crippen molar-refractivity contribution in [2.45, 2.75) is 20.3 Å². The second kappa shape index (κ2) is 9.96. The van der Waals surface area contributed by atoms with E-state index in [4.69, 9.17) is 13.8 Å². The van der Waals surface area contributed by atoms with Gasteiger partial charge >= 0.3 is 7.60 Å². The van der Waals surface area contributed by atoms with Crippen LogP contribution in [0.15, 0.2) is 48.5 Å². The Kier molecular flexibility index (Phi) is 7.06. The highest BCUT2D eigenvalue weighted by molar-refractivity contribution is 7.53. The minimum atomic E-state index is -3.14. The normalized spacial score (nSPS) is 12.3. The van der Waals surface area contributed by atoms with Gasteiger partial charge in [-0.25, -0.2) is 4.98 Å². The molecule has 0 unspecified atom stereocenters. The maximum absolute atomic E-state index is 12.6. The first kappa shape index (κ1) is 22.7. The van der Waals surface area contributed by atoms with Gasteiger partial charge in [0, 0.05) is 12.0 Å². The van der Waals surface area contributed by atoms with Crippen LogP contribution >= 0.6 is 18.9 Å². The summed E-state index contributed by atoms with van der Waals surface area (Å²) in [7, 11) is -3.14. The topological polar surface area (TPSA) is 86.8 Å². The van der Waals surface area contributed by atoms with Gasteiger partial charge in [0.2, 0.25) is 0 Å². The second-order valence-corrected chi connectivity index (χ2v) is 10.3. The first-order valence-corrected chi connectivity index (χ1v) is 13.1. The number of hydrogen-bond donors (Lipinski definition) is 1. The lowest BCUT2D eigenvalue weighted by Crippen LogP contribution is -2.12. The first-order chi connectivity index (χ1) is 15.5. The zero-order chi connectivity index (χ0) is 22.6. The van der Waals surface area contributed by atoms with E-state index >= 15 is 0 Å². The number of fused-ring (bicyclic) bond motifs is 3. The van der Waals surface area contributed by atoms with Crippen molar-refractivity contribution in [3.63, 3.8) is 0 Å². The van der Waals surface area contributed by atoms with Gasteiger partial charge in [0.15, 0.2) is 5.13 Å². The van der Waals surface area contributed by atoms with E-state index in [1.807, 2.05) is 12.1 Å². The maximum Gasteiger partial charge on any atom is 0.334 e. The molecule has 168 valence electrons. The van der Waals surface area contributed by atoms with E-state index in [1.165, 1.54) is 22.5 Å². The first-order valence-electron chi connectivity index (χ1n) is 10.5. The minimum Gasteiger partial charge on any atom is -0.493 e. The molecule has 1 aliphatic carbocycles. The third-order valence-electron chi connectivity index (χ3n) is 4.94. The second-order valence-electron chi connectivity index (χ2n) is 7.13. The standard InChI is InChI=1S/C23H25N2O5PS/c1-3-29-31(27,30-4-2)14-13-28-18-11-9-16(10-12-18)22(26)25-23-24-20-15-17-7-5-6-8-19(17)21(20)32-23/h5-12H,3-4,13-15H2,1-2H3,(H,24,25,26). The summed E-state index contributed by atoms with van der Waals surface area (Å²) < 4.78 is 28.6. The van der Waals surface area contributed by atoms with Crippen molar-refractivity contribution in [3.05, 3.63) is 65.4 Å². The summed E-state index contributed by atoms with van der Waals surface area (Å²) >= 11 is 1.49. The number of nitrogens with one attached hydrogen (secondary N) is 1. The van der Waals surface area contributed by atoms with Gasteiger partial charge in [0.1, 0.15) is 5.75 Å². The van der Waals surface area contributed by atoms with Gasteiger partial charge < -0.3 is 13.8 Å². The number of thiazole rings is 1. The zero-order valence-corrected chi connectivity index (χ0v) is 19.7. The number of rotatable bonds is 10. The van der Waals surface area contributed by atoms with Crippen LogP contribution in [0.2, 0.25) is 0 Å². The molecule has 1 aliphatic rings. The third kappa shape index (κ3) is 5.10. The minimum absolute atomic E-state index is 0.161. The summed E-state index contributed by atoms with van der Waals surface area (Å²) in [5, 5.41) is 3.48. The van der Waals surface area contributed by atoms with Gasteiger partial charge in [0.25, 0.3) is 5.91 Å². The Hall–Kier alpha value is -2.51.